The van der Waals surface area contributed by atoms with Gasteiger partial charge in [0.15, 0.2) is 0 Å². The molecule has 0 amide bonds. The number of fused-ring (bicyclic) bond motifs is 2. The van der Waals surface area contributed by atoms with Crippen molar-refractivity contribution in [2.75, 3.05) is 0 Å². The van der Waals surface area contributed by atoms with Crippen molar-refractivity contribution in [3.8, 4) is 0 Å². The number of hydrogen-bond donors (Lipinski definition) is 0. The second-order valence-electron chi connectivity index (χ2n) is 10.0. The van der Waals surface area contributed by atoms with E-state index in [-0.39, 0.29) is 49.5 Å². The van der Waals surface area contributed by atoms with E-state index in [1.807, 2.05) is 0 Å². The normalized spacial score (nSPS) is 36.7. The molecule has 0 N–H and O–H groups in total. The summed E-state index contributed by atoms with van der Waals surface area (Å²) in [7, 11) is -1.50. The standard InChI is InChI=1S/C19H36NSi.3CH3.Ti/c1-13-10-16-11-14-8-7-9-15(14)12-17(16)18(13)21(5,6)20-19(2,3)4;;;;/h13-18H,7-12H2,1-6H3;3*1H3;/q4*-1;+4. The van der Waals surface area contributed by atoms with Gasteiger partial charge in [-0.1, -0.05) is 73.8 Å². The molecule has 146 valence electrons. The third kappa shape index (κ3) is 5.93. The zero-order chi connectivity index (χ0) is 15.4. The van der Waals surface area contributed by atoms with E-state index in [0.717, 1.165) is 35.1 Å². The Morgan fingerprint density at radius 2 is 1.36 bits per heavy atom. The van der Waals surface area contributed by atoms with Crippen molar-refractivity contribution < 1.29 is 21.7 Å². The van der Waals surface area contributed by atoms with Gasteiger partial charge in [0.1, 0.15) is 0 Å². The zero-order valence-electron chi connectivity index (χ0n) is 18.7. The Morgan fingerprint density at radius 3 is 1.88 bits per heavy atom. The van der Waals surface area contributed by atoms with Crippen LogP contribution in [-0.2, 0) is 21.7 Å². The van der Waals surface area contributed by atoms with Gasteiger partial charge in [-0.3, -0.25) is 0 Å². The van der Waals surface area contributed by atoms with Crippen molar-refractivity contribution >= 4 is 8.24 Å². The average Bonchev–Trinajstić information content (AvgIpc) is 2.83. The summed E-state index contributed by atoms with van der Waals surface area (Å²) in [6.07, 6.45) is 9.22. The van der Waals surface area contributed by atoms with Crippen molar-refractivity contribution in [3.05, 3.63) is 27.3 Å². The van der Waals surface area contributed by atoms with E-state index in [1.165, 1.54) is 19.3 Å². The Hall–Kier alpha value is 0.891. The van der Waals surface area contributed by atoms with Gasteiger partial charge in [0, 0.05) is 0 Å². The Kier molecular flexibility index (Phi) is 11.1. The Balaban J connectivity index is 0. The summed E-state index contributed by atoms with van der Waals surface area (Å²) in [6, 6.07) is 0. The molecule has 1 nitrogen and oxygen atoms in total. The van der Waals surface area contributed by atoms with Gasteiger partial charge in [0.25, 0.3) is 0 Å². The van der Waals surface area contributed by atoms with Crippen molar-refractivity contribution in [2.24, 2.45) is 29.6 Å². The smallest absolute Gasteiger partial charge is 0.660 e. The number of hydrogen-bond acceptors (Lipinski definition) is 0. The molecule has 3 heteroatoms. The van der Waals surface area contributed by atoms with Gasteiger partial charge in [-0.15, -0.1) is 5.54 Å². The first-order chi connectivity index (χ1) is 9.67. The van der Waals surface area contributed by atoms with Gasteiger partial charge < -0.3 is 27.3 Å². The molecular weight excluding hydrogens is 354 g/mol. The Labute approximate surface area is 176 Å². The SMILES string of the molecule is CC1CC2CC3CCCC3CC2C1[Si](C)(C)[N-]C(C)(C)C.[CH3-].[CH3-].[CH3-].[Ti+4]. The van der Waals surface area contributed by atoms with E-state index < -0.39 is 8.24 Å². The molecule has 0 heterocycles. The third-order valence-corrected chi connectivity index (χ3v) is 10.7. The van der Waals surface area contributed by atoms with Gasteiger partial charge >= 0.3 is 21.7 Å². The molecular formula is C22H45NSiTi. The predicted molar refractivity (Wildman–Crippen MR) is 114 cm³/mol. The first-order valence-electron chi connectivity index (χ1n) is 9.41. The summed E-state index contributed by atoms with van der Waals surface area (Å²) < 4.78 is 0. The van der Waals surface area contributed by atoms with Crippen LogP contribution >= 0.6 is 0 Å². The van der Waals surface area contributed by atoms with Crippen LogP contribution in [0, 0.1) is 51.9 Å². The van der Waals surface area contributed by atoms with Crippen molar-refractivity contribution in [2.45, 2.75) is 90.4 Å². The van der Waals surface area contributed by atoms with Crippen LogP contribution in [0.4, 0.5) is 0 Å². The van der Waals surface area contributed by atoms with E-state index in [1.54, 1.807) is 19.3 Å². The molecule has 0 bridgehead atoms. The summed E-state index contributed by atoms with van der Waals surface area (Å²) in [4.78, 5) is 5.39. The Bertz CT molecular complexity index is 390. The van der Waals surface area contributed by atoms with Crippen LogP contribution < -0.4 is 0 Å². The fourth-order valence-corrected chi connectivity index (χ4v) is 11.6. The van der Waals surface area contributed by atoms with Crippen molar-refractivity contribution in [1.29, 1.82) is 0 Å². The van der Waals surface area contributed by atoms with Crippen LogP contribution in [0.5, 0.6) is 0 Å². The maximum Gasteiger partial charge on any atom is 4.00 e. The quantitative estimate of drug-likeness (QED) is 0.336. The molecule has 25 heavy (non-hydrogen) atoms. The van der Waals surface area contributed by atoms with E-state index in [2.05, 4.69) is 40.8 Å². The molecule has 3 saturated carbocycles. The average molecular weight is 400 g/mol. The minimum absolute atomic E-state index is 0. The summed E-state index contributed by atoms with van der Waals surface area (Å²) >= 11 is 0. The molecule has 6 unspecified atom stereocenters. The van der Waals surface area contributed by atoms with Gasteiger partial charge in [-0.05, 0) is 48.9 Å². The summed E-state index contributed by atoms with van der Waals surface area (Å²) in [5.41, 5.74) is 1.10. The maximum atomic E-state index is 5.39. The molecule has 0 saturated heterocycles. The molecule has 0 aromatic heterocycles. The molecule has 3 aliphatic carbocycles. The van der Waals surface area contributed by atoms with Crippen LogP contribution in [-0.4, -0.2) is 13.8 Å². The summed E-state index contributed by atoms with van der Waals surface area (Å²) in [5, 5.41) is 0. The Morgan fingerprint density at radius 1 is 0.840 bits per heavy atom. The maximum absolute atomic E-state index is 5.39. The fourth-order valence-electron chi connectivity index (χ4n) is 6.76. The second-order valence-corrected chi connectivity index (χ2v) is 14.2. The van der Waals surface area contributed by atoms with E-state index >= 15 is 0 Å². The van der Waals surface area contributed by atoms with E-state index in [9.17, 15) is 0 Å². The predicted octanol–water partition coefficient (Wildman–Crippen LogP) is 7.56. The van der Waals surface area contributed by atoms with Crippen LogP contribution in [0.25, 0.3) is 4.98 Å². The van der Waals surface area contributed by atoms with Crippen LogP contribution in [0.2, 0.25) is 18.6 Å². The van der Waals surface area contributed by atoms with Gasteiger partial charge in [0.05, 0.1) is 0 Å². The summed E-state index contributed by atoms with van der Waals surface area (Å²) in [6.45, 7) is 14.6. The summed E-state index contributed by atoms with van der Waals surface area (Å²) in [5.74, 6) is 5.17. The fraction of sp³-hybridized carbons (Fsp3) is 0.864. The first-order valence-corrected chi connectivity index (χ1v) is 12.4. The molecule has 0 aromatic carbocycles. The molecule has 0 spiro atoms. The van der Waals surface area contributed by atoms with Gasteiger partial charge in [-0.2, -0.15) is 0 Å². The topological polar surface area (TPSA) is 14.1 Å². The minimum atomic E-state index is -1.50. The van der Waals surface area contributed by atoms with Gasteiger partial charge in [-0.25, -0.2) is 0 Å². The van der Waals surface area contributed by atoms with Crippen LogP contribution in [0.1, 0.15) is 66.2 Å². The molecule has 0 radical (unpaired) electrons. The van der Waals surface area contributed by atoms with Crippen LogP contribution in [0.15, 0.2) is 0 Å². The monoisotopic (exact) mass is 399 g/mol. The molecule has 3 aliphatic rings. The second kappa shape index (κ2) is 9.90. The van der Waals surface area contributed by atoms with Crippen molar-refractivity contribution in [3.63, 3.8) is 0 Å². The number of rotatable bonds is 2. The zero-order valence-corrected chi connectivity index (χ0v) is 21.2. The molecule has 0 aromatic rings. The first kappa shape index (κ1) is 28.1. The van der Waals surface area contributed by atoms with E-state index in [0.29, 0.717) is 0 Å². The third-order valence-electron chi connectivity index (χ3n) is 6.79. The molecule has 3 fully saturated rings. The largest absolute Gasteiger partial charge is 4.00 e. The van der Waals surface area contributed by atoms with E-state index in [4.69, 9.17) is 4.98 Å². The number of nitrogens with zero attached hydrogens (tertiary/aromatic N) is 1. The van der Waals surface area contributed by atoms with Crippen LogP contribution in [0.3, 0.4) is 0 Å². The minimum Gasteiger partial charge on any atom is -0.660 e. The molecule has 0 aliphatic heterocycles. The van der Waals surface area contributed by atoms with Crippen molar-refractivity contribution in [1.82, 2.24) is 0 Å². The molecule has 3 rings (SSSR count). The van der Waals surface area contributed by atoms with Gasteiger partial charge in [0.2, 0.25) is 0 Å². The molecule has 6 atom stereocenters.